The minimum Gasteiger partial charge on any atom is -0.317 e. The Morgan fingerprint density at radius 3 is 2.92 bits per heavy atom. The monoisotopic (exact) mass is 184 g/mol. The average molecular weight is 184 g/mol. The lowest BCUT2D eigenvalue weighted by molar-refractivity contribution is 0.252. The van der Waals surface area contributed by atoms with Gasteiger partial charge in [0.05, 0.1) is 0 Å². The number of likely N-dealkylation sites (tertiary alicyclic amines) is 1. The Morgan fingerprint density at radius 2 is 2.23 bits per heavy atom. The van der Waals surface area contributed by atoms with Crippen LogP contribution in [0, 0.1) is 0 Å². The van der Waals surface area contributed by atoms with E-state index >= 15 is 0 Å². The summed E-state index contributed by atoms with van der Waals surface area (Å²) < 4.78 is 0. The van der Waals surface area contributed by atoms with Gasteiger partial charge in [-0.15, -0.1) is 0 Å². The lowest BCUT2D eigenvalue weighted by atomic mass is 10.1. The molecule has 2 nitrogen and oxygen atoms in total. The molecule has 1 fully saturated rings. The van der Waals surface area contributed by atoms with Crippen molar-refractivity contribution in [3.05, 3.63) is 0 Å². The van der Waals surface area contributed by atoms with E-state index in [9.17, 15) is 0 Å². The number of rotatable bonds is 6. The van der Waals surface area contributed by atoms with E-state index < -0.39 is 0 Å². The van der Waals surface area contributed by atoms with Crippen LogP contribution in [-0.2, 0) is 0 Å². The zero-order chi connectivity index (χ0) is 9.52. The summed E-state index contributed by atoms with van der Waals surface area (Å²) in [7, 11) is 0. The first-order valence-corrected chi connectivity index (χ1v) is 5.83. The fourth-order valence-corrected chi connectivity index (χ4v) is 2.28. The third-order valence-corrected chi connectivity index (χ3v) is 3.05. The van der Waals surface area contributed by atoms with Gasteiger partial charge in [-0.25, -0.2) is 0 Å². The van der Waals surface area contributed by atoms with E-state index in [2.05, 4.69) is 24.1 Å². The van der Waals surface area contributed by atoms with Crippen LogP contribution >= 0.6 is 0 Å². The Kier molecular flexibility index (Phi) is 5.40. The van der Waals surface area contributed by atoms with Gasteiger partial charge in [0, 0.05) is 6.04 Å². The van der Waals surface area contributed by atoms with Gasteiger partial charge in [-0.2, -0.15) is 0 Å². The number of hydrogen-bond donors (Lipinski definition) is 1. The molecule has 0 aromatic heterocycles. The maximum Gasteiger partial charge on any atom is 0.00960 e. The molecule has 0 aromatic rings. The summed E-state index contributed by atoms with van der Waals surface area (Å²) in [6.45, 7) is 9.34. The maximum atomic E-state index is 3.39. The lowest BCUT2D eigenvalue weighted by Crippen LogP contribution is -2.29. The topological polar surface area (TPSA) is 15.3 Å². The molecule has 0 aromatic carbocycles. The largest absolute Gasteiger partial charge is 0.317 e. The minimum atomic E-state index is 0.892. The highest BCUT2D eigenvalue weighted by Gasteiger charge is 2.21. The number of hydrogen-bond acceptors (Lipinski definition) is 2. The third-order valence-electron chi connectivity index (χ3n) is 3.05. The Bertz CT molecular complexity index is 125. The molecule has 0 amide bonds. The fraction of sp³-hybridized carbons (Fsp3) is 1.00. The predicted molar refractivity (Wildman–Crippen MR) is 58.0 cm³/mol. The van der Waals surface area contributed by atoms with Crippen molar-refractivity contribution in [2.24, 2.45) is 0 Å². The second-order valence-electron chi connectivity index (χ2n) is 3.92. The van der Waals surface area contributed by atoms with Crippen LogP contribution in [-0.4, -0.2) is 37.1 Å². The minimum absolute atomic E-state index is 0.892. The Hall–Kier alpha value is -0.0800. The number of nitrogens with one attached hydrogen (secondary N) is 1. The van der Waals surface area contributed by atoms with Gasteiger partial charge in [-0.3, -0.25) is 0 Å². The molecule has 0 spiro atoms. The van der Waals surface area contributed by atoms with Crippen LogP contribution in [0.3, 0.4) is 0 Å². The van der Waals surface area contributed by atoms with Crippen molar-refractivity contribution in [1.29, 1.82) is 0 Å². The van der Waals surface area contributed by atoms with E-state index in [-0.39, 0.29) is 0 Å². The second-order valence-corrected chi connectivity index (χ2v) is 3.92. The molecule has 1 unspecified atom stereocenters. The molecule has 2 heteroatoms. The van der Waals surface area contributed by atoms with E-state index in [0.29, 0.717) is 0 Å². The van der Waals surface area contributed by atoms with Crippen molar-refractivity contribution in [2.75, 3.05) is 26.2 Å². The highest BCUT2D eigenvalue weighted by Crippen LogP contribution is 2.20. The summed E-state index contributed by atoms with van der Waals surface area (Å²) in [5.74, 6) is 0. The molecule has 13 heavy (non-hydrogen) atoms. The first-order valence-electron chi connectivity index (χ1n) is 5.83. The number of nitrogens with zero attached hydrogens (tertiary/aromatic N) is 1. The van der Waals surface area contributed by atoms with E-state index in [1.54, 1.807) is 0 Å². The molecule has 0 bridgehead atoms. The highest BCUT2D eigenvalue weighted by molar-refractivity contribution is 4.77. The summed E-state index contributed by atoms with van der Waals surface area (Å²) in [6.07, 6.45) is 5.58. The fourth-order valence-electron chi connectivity index (χ4n) is 2.28. The van der Waals surface area contributed by atoms with Crippen molar-refractivity contribution in [1.82, 2.24) is 10.2 Å². The van der Waals surface area contributed by atoms with Crippen LogP contribution in [0.2, 0.25) is 0 Å². The SMILES string of the molecule is CCNCCCC1CCCN1CC. The Morgan fingerprint density at radius 1 is 1.38 bits per heavy atom. The average Bonchev–Trinajstić information content (AvgIpc) is 2.60. The van der Waals surface area contributed by atoms with E-state index in [1.165, 1.54) is 45.3 Å². The van der Waals surface area contributed by atoms with Crippen molar-refractivity contribution in [3.8, 4) is 0 Å². The van der Waals surface area contributed by atoms with E-state index in [4.69, 9.17) is 0 Å². The van der Waals surface area contributed by atoms with Crippen molar-refractivity contribution in [2.45, 2.75) is 45.6 Å². The van der Waals surface area contributed by atoms with Gasteiger partial charge < -0.3 is 10.2 Å². The Balaban J connectivity index is 2.06. The van der Waals surface area contributed by atoms with Crippen LogP contribution < -0.4 is 5.32 Å². The third kappa shape index (κ3) is 3.65. The molecule has 1 aliphatic heterocycles. The van der Waals surface area contributed by atoms with Gasteiger partial charge in [0.2, 0.25) is 0 Å². The van der Waals surface area contributed by atoms with Crippen molar-refractivity contribution < 1.29 is 0 Å². The molecule has 1 atom stereocenters. The summed E-state index contributed by atoms with van der Waals surface area (Å²) in [5.41, 5.74) is 0. The van der Waals surface area contributed by atoms with Gasteiger partial charge in [-0.1, -0.05) is 13.8 Å². The molecule has 0 saturated carbocycles. The zero-order valence-corrected chi connectivity index (χ0v) is 9.18. The van der Waals surface area contributed by atoms with Crippen LogP contribution in [0.4, 0.5) is 0 Å². The summed E-state index contributed by atoms with van der Waals surface area (Å²) >= 11 is 0. The van der Waals surface area contributed by atoms with Crippen LogP contribution in [0.15, 0.2) is 0 Å². The van der Waals surface area contributed by atoms with E-state index in [1.807, 2.05) is 0 Å². The molecule has 1 aliphatic rings. The van der Waals surface area contributed by atoms with Crippen molar-refractivity contribution in [3.63, 3.8) is 0 Å². The molecule has 78 valence electrons. The molecule has 1 rings (SSSR count). The van der Waals surface area contributed by atoms with Crippen LogP contribution in [0.25, 0.3) is 0 Å². The van der Waals surface area contributed by atoms with Gasteiger partial charge in [0.25, 0.3) is 0 Å². The highest BCUT2D eigenvalue weighted by atomic mass is 15.2. The molecular weight excluding hydrogens is 160 g/mol. The molecular formula is C11H24N2. The standard InChI is InChI=1S/C11H24N2/c1-3-12-9-5-7-11-8-6-10-13(11)4-2/h11-12H,3-10H2,1-2H3. The Labute approximate surface area is 82.7 Å². The second kappa shape index (κ2) is 6.39. The summed E-state index contributed by atoms with van der Waals surface area (Å²) in [5, 5.41) is 3.39. The maximum absolute atomic E-state index is 3.39. The smallest absolute Gasteiger partial charge is 0.00960 e. The van der Waals surface area contributed by atoms with Gasteiger partial charge >= 0.3 is 0 Å². The van der Waals surface area contributed by atoms with Crippen LogP contribution in [0.1, 0.15) is 39.5 Å². The van der Waals surface area contributed by atoms with Crippen LogP contribution in [0.5, 0.6) is 0 Å². The zero-order valence-electron chi connectivity index (χ0n) is 9.18. The lowest BCUT2D eigenvalue weighted by Gasteiger charge is -2.22. The predicted octanol–water partition coefficient (Wildman–Crippen LogP) is 1.86. The molecule has 1 N–H and O–H groups in total. The van der Waals surface area contributed by atoms with E-state index in [0.717, 1.165) is 12.6 Å². The molecule has 1 heterocycles. The molecule has 0 aliphatic carbocycles. The summed E-state index contributed by atoms with van der Waals surface area (Å²) in [4.78, 5) is 2.63. The van der Waals surface area contributed by atoms with Gasteiger partial charge in [0.1, 0.15) is 0 Å². The quantitative estimate of drug-likeness (QED) is 0.634. The normalized spacial score (nSPS) is 24.0. The van der Waals surface area contributed by atoms with Gasteiger partial charge in [-0.05, 0) is 51.9 Å². The first kappa shape index (κ1) is 11.0. The first-order chi connectivity index (χ1) is 6.38. The van der Waals surface area contributed by atoms with Gasteiger partial charge in [0.15, 0.2) is 0 Å². The molecule has 1 saturated heterocycles. The molecule has 0 radical (unpaired) electrons. The summed E-state index contributed by atoms with van der Waals surface area (Å²) in [6, 6.07) is 0.892. The van der Waals surface area contributed by atoms with Crippen molar-refractivity contribution >= 4 is 0 Å².